The van der Waals surface area contributed by atoms with Gasteiger partial charge in [0, 0.05) is 22.7 Å². The van der Waals surface area contributed by atoms with Crippen LogP contribution >= 0.6 is 27.3 Å². The normalized spacial score (nSPS) is 12.0. The van der Waals surface area contributed by atoms with Crippen LogP contribution in [0, 0.1) is 6.92 Å². The highest BCUT2D eigenvalue weighted by Gasteiger charge is 2.10. The summed E-state index contributed by atoms with van der Waals surface area (Å²) >= 11 is 5.21. The maximum absolute atomic E-state index is 11.5. The molecular formula is C16H19BrN2OS. The Morgan fingerprint density at radius 3 is 2.71 bits per heavy atom. The van der Waals surface area contributed by atoms with Gasteiger partial charge in [0.05, 0.1) is 9.83 Å². The van der Waals surface area contributed by atoms with Gasteiger partial charge in [-0.15, -0.1) is 11.3 Å². The molecule has 1 amide bonds. The van der Waals surface area contributed by atoms with E-state index in [2.05, 4.69) is 52.5 Å². The van der Waals surface area contributed by atoms with Gasteiger partial charge in [-0.25, -0.2) is 0 Å². The number of carbonyl (C=O) groups is 1. The molecule has 1 heterocycles. The predicted octanol–water partition coefficient (Wildman–Crippen LogP) is 5.34. The smallest absolute Gasteiger partial charge is 0.224 e. The van der Waals surface area contributed by atoms with Gasteiger partial charge in [0.2, 0.25) is 5.91 Å². The van der Waals surface area contributed by atoms with Crippen LogP contribution in [-0.4, -0.2) is 5.91 Å². The van der Waals surface area contributed by atoms with Crippen molar-refractivity contribution in [2.24, 2.45) is 0 Å². The molecule has 3 nitrogen and oxygen atoms in total. The lowest BCUT2D eigenvalue weighted by Gasteiger charge is -2.17. The van der Waals surface area contributed by atoms with Gasteiger partial charge in [-0.1, -0.05) is 13.0 Å². The number of thiophene rings is 1. The second-order valence-corrected chi connectivity index (χ2v) is 7.43. The fraction of sp³-hybridized carbons (Fsp3) is 0.312. The first kappa shape index (κ1) is 16.0. The Morgan fingerprint density at radius 2 is 2.10 bits per heavy atom. The van der Waals surface area contributed by atoms with Gasteiger partial charge < -0.3 is 10.6 Å². The highest BCUT2D eigenvalue weighted by Crippen LogP contribution is 2.31. The minimum absolute atomic E-state index is 0.0278. The molecule has 0 spiro atoms. The van der Waals surface area contributed by atoms with Crippen molar-refractivity contribution in [2.75, 3.05) is 10.6 Å². The average Bonchev–Trinajstić information content (AvgIpc) is 2.89. The summed E-state index contributed by atoms with van der Waals surface area (Å²) in [5, 5.41) is 6.40. The van der Waals surface area contributed by atoms with Gasteiger partial charge >= 0.3 is 0 Å². The minimum Gasteiger partial charge on any atom is -0.377 e. The molecule has 0 aliphatic carbocycles. The fourth-order valence-corrected chi connectivity index (χ4v) is 3.40. The first-order chi connectivity index (χ1) is 9.99. The minimum atomic E-state index is 0.0278. The van der Waals surface area contributed by atoms with Gasteiger partial charge in [0.15, 0.2) is 0 Å². The van der Waals surface area contributed by atoms with Crippen LogP contribution in [0.3, 0.4) is 0 Å². The molecule has 1 aromatic heterocycles. The second-order valence-electron chi connectivity index (χ2n) is 4.94. The zero-order valence-corrected chi connectivity index (χ0v) is 14.8. The number of carbonyl (C=O) groups excluding carboxylic acids is 1. The molecule has 2 aromatic rings. The maximum Gasteiger partial charge on any atom is 0.224 e. The summed E-state index contributed by atoms with van der Waals surface area (Å²) in [5.74, 6) is 0.0278. The van der Waals surface area contributed by atoms with Crippen molar-refractivity contribution in [2.45, 2.75) is 33.2 Å². The molecule has 2 rings (SSSR count). The molecule has 0 aliphatic rings. The number of amides is 1. The Morgan fingerprint density at radius 1 is 1.33 bits per heavy atom. The van der Waals surface area contributed by atoms with Gasteiger partial charge in [0.1, 0.15) is 0 Å². The number of halogens is 1. The van der Waals surface area contributed by atoms with E-state index < -0.39 is 0 Å². The fourth-order valence-electron chi connectivity index (χ4n) is 1.97. The molecular weight excluding hydrogens is 348 g/mol. The van der Waals surface area contributed by atoms with Gasteiger partial charge in [-0.05, 0) is 59.6 Å². The number of hydrogen-bond acceptors (Lipinski definition) is 3. The average molecular weight is 367 g/mol. The molecule has 112 valence electrons. The number of aryl methyl sites for hydroxylation is 1. The van der Waals surface area contributed by atoms with E-state index in [1.807, 2.05) is 25.1 Å². The van der Waals surface area contributed by atoms with E-state index in [0.717, 1.165) is 20.7 Å². The number of anilines is 2. The standard InChI is InChI=1S/C16H19BrN2OS/c1-4-16(20)19-12-6-5-10(2)13(9-12)18-11(3)14-7-8-15(17)21-14/h5-9,11,18H,4H2,1-3H3,(H,19,20). The first-order valence-corrected chi connectivity index (χ1v) is 8.52. The molecule has 0 fully saturated rings. The summed E-state index contributed by atoms with van der Waals surface area (Å²) in [7, 11) is 0. The Kier molecular flexibility index (Phi) is 5.42. The van der Waals surface area contributed by atoms with E-state index in [0.29, 0.717) is 6.42 Å². The van der Waals surface area contributed by atoms with Gasteiger partial charge in [-0.3, -0.25) is 4.79 Å². The summed E-state index contributed by atoms with van der Waals surface area (Å²) in [5.41, 5.74) is 3.03. The summed E-state index contributed by atoms with van der Waals surface area (Å²) in [6.07, 6.45) is 0.482. The summed E-state index contributed by atoms with van der Waals surface area (Å²) < 4.78 is 1.13. The third kappa shape index (κ3) is 4.32. The monoisotopic (exact) mass is 366 g/mol. The largest absolute Gasteiger partial charge is 0.377 e. The molecule has 1 unspecified atom stereocenters. The summed E-state index contributed by atoms with van der Waals surface area (Å²) in [4.78, 5) is 12.8. The van der Waals surface area contributed by atoms with Crippen molar-refractivity contribution in [1.82, 2.24) is 0 Å². The third-order valence-corrected chi connectivity index (χ3v) is 5.04. The van der Waals surface area contributed by atoms with Crippen molar-refractivity contribution in [3.8, 4) is 0 Å². The number of rotatable bonds is 5. The lowest BCUT2D eigenvalue weighted by molar-refractivity contribution is -0.115. The van der Waals surface area contributed by atoms with Crippen molar-refractivity contribution >= 4 is 44.5 Å². The summed E-state index contributed by atoms with van der Waals surface area (Å²) in [6.45, 7) is 6.04. The van der Waals surface area contributed by atoms with Crippen molar-refractivity contribution in [1.29, 1.82) is 0 Å². The Labute approximate surface area is 137 Å². The quantitative estimate of drug-likeness (QED) is 0.749. The SMILES string of the molecule is CCC(=O)Nc1ccc(C)c(NC(C)c2ccc(Br)s2)c1. The van der Waals surface area contributed by atoms with Crippen LogP contribution in [0.2, 0.25) is 0 Å². The Balaban J connectivity index is 2.15. The molecule has 0 aliphatic heterocycles. The van der Waals surface area contributed by atoms with Gasteiger partial charge in [0.25, 0.3) is 0 Å². The second kappa shape index (κ2) is 7.09. The molecule has 0 saturated carbocycles. The molecule has 0 radical (unpaired) electrons. The van der Waals surface area contributed by atoms with Crippen LogP contribution in [0.25, 0.3) is 0 Å². The van der Waals surface area contributed by atoms with Crippen LogP contribution in [0.5, 0.6) is 0 Å². The van der Waals surface area contributed by atoms with Crippen LogP contribution in [0.15, 0.2) is 34.1 Å². The van der Waals surface area contributed by atoms with Crippen LogP contribution < -0.4 is 10.6 Å². The number of nitrogens with one attached hydrogen (secondary N) is 2. The van der Waals surface area contributed by atoms with Crippen LogP contribution in [-0.2, 0) is 4.79 Å². The molecule has 5 heteroatoms. The molecule has 2 N–H and O–H groups in total. The maximum atomic E-state index is 11.5. The number of benzene rings is 1. The molecule has 1 aromatic carbocycles. The predicted molar refractivity (Wildman–Crippen MR) is 94.2 cm³/mol. The lowest BCUT2D eigenvalue weighted by atomic mass is 10.1. The first-order valence-electron chi connectivity index (χ1n) is 6.92. The molecule has 21 heavy (non-hydrogen) atoms. The highest BCUT2D eigenvalue weighted by atomic mass is 79.9. The van der Waals surface area contributed by atoms with E-state index in [9.17, 15) is 4.79 Å². The van der Waals surface area contributed by atoms with Crippen molar-refractivity contribution < 1.29 is 4.79 Å². The highest BCUT2D eigenvalue weighted by molar-refractivity contribution is 9.11. The zero-order valence-electron chi connectivity index (χ0n) is 12.4. The Bertz CT molecular complexity index is 639. The van der Waals surface area contributed by atoms with Crippen molar-refractivity contribution in [3.63, 3.8) is 0 Å². The van der Waals surface area contributed by atoms with Crippen molar-refractivity contribution in [3.05, 3.63) is 44.6 Å². The van der Waals surface area contributed by atoms with E-state index >= 15 is 0 Å². The summed E-state index contributed by atoms with van der Waals surface area (Å²) in [6, 6.07) is 10.3. The molecule has 0 bridgehead atoms. The van der Waals surface area contributed by atoms with E-state index in [1.54, 1.807) is 11.3 Å². The van der Waals surface area contributed by atoms with Crippen LogP contribution in [0.1, 0.15) is 36.8 Å². The van der Waals surface area contributed by atoms with Crippen LogP contribution in [0.4, 0.5) is 11.4 Å². The lowest BCUT2D eigenvalue weighted by Crippen LogP contribution is -2.11. The van der Waals surface area contributed by atoms with E-state index in [1.165, 1.54) is 4.88 Å². The van der Waals surface area contributed by atoms with E-state index in [-0.39, 0.29) is 11.9 Å². The van der Waals surface area contributed by atoms with Gasteiger partial charge in [-0.2, -0.15) is 0 Å². The molecule has 1 atom stereocenters. The van der Waals surface area contributed by atoms with E-state index in [4.69, 9.17) is 0 Å². The molecule has 0 saturated heterocycles. The zero-order chi connectivity index (χ0) is 15.4. The Hall–Kier alpha value is -1.33. The third-order valence-electron chi connectivity index (χ3n) is 3.24. The number of hydrogen-bond donors (Lipinski definition) is 2. The topological polar surface area (TPSA) is 41.1 Å².